The van der Waals surface area contributed by atoms with E-state index in [0.717, 1.165) is 47.7 Å². The molecule has 0 spiro atoms. The van der Waals surface area contributed by atoms with Crippen LogP contribution in [0.4, 0.5) is 32.6 Å². The van der Waals surface area contributed by atoms with Crippen LogP contribution < -0.4 is 20.9 Å². The van der Waals surface area contributed by atoms with E-state index in [2.05, 4.69) is 38.0 Å². The summed E-state index contributed by atoms with van der Waals surface area (Å²) in [5.74, 6) is 0.228. The molecule has 2 aliphatic heterocycles. The zero-order chi connectivity index (χ0) is 33.3. The van der Waals surface area contributed by atoms with Gasteiger partial charge < -0.3 is 30.5 Å². The molecule has 0 bridgehead atoms. The molecule has 3 aromatic carbocycles. The Balaban J connectivity index is 1.01. The minimum atomic E-state index is -0.582. The van der Waals surface area contributed by atoms with E-state index >= 15 is 0 Å². The first kappa shape index (κ1) is 32.3. The Morgan fingerprint density at radius 2 is 1.58 bits per heavy atom. The Kier molecular flexibility index (Phi) is 10.3. The summed E-state index contributed by atoms with van der Waals surface area (Å²) in [5.41, 5.74) is 5.09. The normalized spacial score (nSPS) is 15.9. The number of piperazine rings is 1. The number of nitrogens with zero attached hydrogens (tertiary/aromatic N) is 5. The molecule has 0 aliphatic carbocycles. The molecule has 1 aromatic heterocycles. The van der Waals surface area contributed by atoms with Gasteiger partial charge in [0.05, 0.1) is 5.69 Å². The monoisotopic (exact) mass is 648 g/mol. The van der Waals surface area contributed by atoms with Gasteiger partial charge in [-0.25, -0.2) is 19.6 Å². The van der Waals surface area contributed by atoms with Crippen molar-refractivity contribution in [1.82, 2.24) is 25.1 Å². The summed E-state index contributed by atoms with van der Waals surface area (Å²) in [5, 5.41) is 9.09. The van der Waals surface area contributed by atoms with Crippen molar-refractivity contribution >= 4 is 41.0 Å². The van der Waals surface area contributed by atoms with E-state index in [9.17, 15) is 14.4 Å². The van der Waals surface area contributed by atoms with Crippen LogP contribution in [0, 0.1) is 0 Å². The molecule has 248 valence electrons. The van der Waals surface area contributed by atoms with Gasteiger partial charge in [0.15, 0.2) is 0 Å². The number of nitrogens with one attached hydrogen (secondary N) is 3. The minimum Gasteiger partial charge on any atom is -0.445 e. The van der Waals surface area contributed by atoms with Gasteiger partial charge in [-0.1, -0.05) is 42.5 Å². The third-order valence-electron chi connectivity index (χ3n) is 8.48. The van der Waals surface area contributed by atoms with E-state index in [-0.39, 0.29) is 18.5 Å². The van der Waals surface area contributed by atoms with Crippen molar-refractivity contribution in [2.75, 3.05) is 54.8 Å². The lowest BCUT2D eigenvalue weighted by atomic mass is 10.1. The van der Waals surface area contributed by atoms with Gasteiger partial charge in [-0.2, -0.15) is 0 Å². The van der Waals surface area contributed by atoms with Gasteiger partial charge in [0.1, 0.15) is 12.6 Å². The largest absolute Gasteiger partial charge is 0.445 e. The number of likely N-dealkylation sites (tertiary alicyclic amines) is 1. The average molecular weight is 649 g/mol. The van der Waals surface area contributed by atoms with Crippen LogP contribution in [0.15, 0.2) is 91.1 Å². The van der Waals surface area contributed by atoms with E-state index in [4.69, 9.17) is 9.72 Å². The van der Waals surface area contributed by atoms with Crippen molar-refractivity contribution in [3.63, 3.8) is 0 Å². The van der Waals surface area contributed by atoms with E-state index in [1.165, 1.54) is 4.90 Å². The number of ether oxygens (including phenoxy) is 1. The highest BCUT2D eigenvalue weighted by Gasteiger charge is 2.35. The van der Waals surface area contributed by atoms with Crippen LogP contribution in [-0.2, 0) is 16.1 Å². The maximum atomic E-state index is 13.1. The van der Waals surface area contributed by atoms with Crippen molar-refractivity contribution in [2.24, 2.45) is 0 Å². The fourth-order valence-corrected chi connectivity index (χ4v) is 5.91. The number of aromatic nitrogens is 2. The Labute approximate surface area is 280 Å². The minimum absolute atomic E-state index is 0.00657. The van der Waals surface area contributed by atoms with Gasteiger partial charge >= 0.3 is 12.1 Å². The average Bonchev–Trinajstić information content (AvgIpc) is 3.63. The molecule has 4 amide bonds. The molecule has 3 N–H and O–H groups in total. The topological polar surface area (TPSA) is 132 Å². The molecule has 4 aromatic rings. The van der Waals surface area contributed by atoms with Crippen molar-refractivity contribution in [3.05, 3.63) is 96.7 Å². The van der Waals surface area contributed by atoms with Crippen molar-refractivity contribution < 1.29 is 19.1 Å². The molecule has 2 saturated heterocycles. The SMILES string of the molecule is CCNC(=O)N1CCN(c2ccc(Nc3nccc(-c4ccc(NC(=O)[C@H]5CCCN5C(=O)OCc5ccccc5)cc4)n3)cc2)CC1. The number of carbonyl (C=O) groups is 3. The summed E-state index contributed by atoms with van der Waals surface area (Å²) in [7, 11) is 0. The maximum Gasteiger partial charge on any atom is 0.410 e. The number of carbonyl (C=O) groups excluding carboxylic acids is 3. The molecule has 2 aliphatic rings. The van der Waals surface area contributed by atoms with Gasteiger partial charge in [0.25, 0.3) is 0 Å². The Morgan fingerprint density at radius 1 is 0.854 bits per heavy atom. The van der Waals surface area contributed by atoms with Crippen LogP contribution in [0.1, 0.15) is 25.3 Å². The Hall–Kier alpha value is -5.65. The van der Waals surface area contributed by atoms with Crippen molar-refractivity contribution in [3.8, 4) is 11.3 Å². The number of rotatable bonds is 9. The molecule has 2 fully saturated rings. The second kappa shape index (κ2) is 15.3. The molecular weight excluding hydrogens is 608 g/mol. The number of hydrogen-bond acceptors (Lipinski definition) is 8. The quantitative estimate of drug-likeness (QED) is 0.218. The Bertz CT molecular complexity index is 1690. The highest BCUT2D eigenvalue weighted by Crippen LogP contribution is 2.25. The molecule has 12 heteroatoms. The first-order chi connectivity index (χ1) is 23.5. The summed E-state index contributed by atoms with van der Waals surface area (Å²) >= 11 is 0. The molecule has 0 unspecified atom stereocenters. The molecule has 48 heavy (non-hydrogen) atoms. The molecule has 0 radical (unpaired) electrons. The second-order valence-corrected chi connectivity index (χ2v) is 11.7. The number of hydrogen-bond donors (Lipinski definition) is 3. The summed E-state index contributed by atoms with van der Waals surface area (Å²) in [6.07, 6.45) is 2.54. The van der Waals surface area contributed by atoms with E-state index in [0.29, 0.717) is 44.2 Å². The van der Waals surface area contributed by atoms with Crippen LogP contribution in [-0.4, -0.2) is 83.1 Å². The first-order valence-electron chi connectivity index (χ1n) is 16.3. The van der Waals surface area contributed by atoms with Crippen LogP contribution >= 0.6 is 0 Å². The first-order valence-corrected chi connectivity index (χ1v) is 16.3. The molecule has 1 atom stereocenters. The second-order valence-electron chi connectivity index (χ2n) is 11.7. The Morgan fingerprint density at radius 3 is 2.31 bits per heavy atom. The van der Waals surface area contributed by atoms with Crippen molar-refractivity contribution in [1.29, 1.82) is 0 Å². The standard InChI is InChI=1S/C36H40N8O4/c1-2-37-35(46)43-23-21-42(22-24-43)30-16-14-29(15-17-30)40-34-38-19-18-31(41-34)27-10-12-28(13-11-27)39-33(45)32-9-6-20-44(32)36(47)48-25-26-7-4-3-5-8-26/h3-5,7-8,10-19,32H,2,6,9,20-25H2,1H3,(H,37,46)(H,39,45)(H,38,40,41)/t32-/m1/s1. The van der Waals surface area contributed by atoms with Crippen LogP contribution in [0.25, 0.3) is 11.3 Å². The molecule has 0 saturated carbocycles. The van der Waals surface area contributed by atoms with E-state index < -0.39 is 12.1 Å². The smallest absolute Gasteiger partial charge is 0.410 e. The van der Waals surface area contributed by atoms with Gasteiger partial charge in [0, 0.05) is 68.1 Å². The third kappa shape index (κ3) is 8.00. The van der Waals surface area contributed by atoms with Crippen LogP contribution in [0.3, 0.4) is 0 Å². The number of anilines is 4. The zero-order valence-electron chi connectivity index (χ0n) is 27.0. The highest BCUT2D eigenvalue weighted by molar-refractivity contribution is 5.97. The van der Waals surface area contributed by atoms with E-state index in [1.807, 2.05) is 84.6 Å². The summed E-state index contributed by atoms with van der Waals surface area (Å²) in [4.78, 5) is 52.7. The fraction of sp³-hybridized carbons (Fsp3) is 0.306. The van der Waals surface area contributed by atoms with Gasteiger partial charge in [-0.05, 0) is 67.8 Å². The molecule has 6 rings (SSSR count). The van der Waals surface area contributed by atoms with Gasteiger partial charge in [0.2, 0.25) is 11.9 Å². The molecular formula is C36H40N8O4. The fourth-order valence-electron chi connectivity index (χ4n) is 5.91. The number of amides is 4. The van der Waals surface area contributed by atoms with Gasteiger partial charge in [-0.15, -0.1) is 0 Å². The number of benzene rings is 3. The highest BCUT2D eigenvalue weighted by atomic mass is 16.6. The predicted molar refractivity (Wildman–Crippen MR) is 185 cm³/mol. The van der Waals surface area contributed by atoms with E-state index in [1.54, 1.807) is 6.20 Å². The summed E-state index contributed by atoms with van der Waals surface area (Å²) in [6, 6.07) is 26.3. The molecule has 12 nitrogen and oxygen atoms in total. The zero-order valence-corrected chi connectivity index (χ0v) is 27.0. The third-order valence-corrected chi connectivity index (χ3v) is 8.48. The number of urea groups is 1. The summed E-state index contributed by atoms with van der Waals surface area (Å²) in [6.45, 7) is 6.13. The van der Waals surface area contributed by atoms with Crippen molar-refractivity contribution in [2.45, 2.75) is 32.4 Å². The van der Waals surface area contributed by atoms with Crippen LogP contribution in [0.2, 0.25) is 0 Å². The predicted octanol–water partition coefficient (Wildman–Crippen LogP) is 5.48. The lowest BCUT2D eigenvalue weighted by molar-refractivity contribution is -0.120. The summed E-state index contributed by atoms with van der Waals surface area (Å²) < 4.78 is 5.48. The van der Waals surface area contributed by atoms with Crippen LogP contribution in [0.5, 0.6) is 0 Å². The maximum absolute atomic E-state index is 13.1. The van der Waals surface area contributed by atoms with Gasteiger partial charge in [-0.3, -0.25) is 9.69 Å². The molecule has 3 heterocycles. The lowest BCUT2D eigenvalue weighted by Gasteiger charge is -2.36. The lowest BCUT2D eigenvalue weighted by Crippen LogP contribution is -2.51.